The van der Waals surface area contributed by atoms with Gasteiger partial charge in [0.15, 0.2) is 5.11 Å². The lowest BCUT2D eigenvalue weighted by Crippen LogP contribution is -2.41. The molecule has 2 aliphatic rings. The highest BCUT2D eigenvalue weighted by Crippen LogP contribution is 2.32. The van der Waals surface area contributed by atoms with Crippen molar-refractivity contribution < 1.29 is 9.18 Å². The molecule has 0 radical (unpaired) electrons. The molecular weight excluding hydrogens is 367 g/mol. The Labute approximate surface area is 161 Å². The molecule has 1 N–H and O–H groups in total. The first kappa shape index (κ1) is 17.4. The van der Waals surface area contributed by atoms with E-state index in [9.17, 15) is 9.18 Å². The first-order valence-corrected chi connectivity index (χ1v) is 10.1. The van der Waals surface area contributed by atoms with Crippen LogP contribution in [0.3, 0.4) is 0 Å². The Morgan fingerprint density at radius 2 is 1.88 bits per heavy atom. The van der Waals surface area contributed by atoms with E-state index in [1.807, 2.05) is 17.5 Å². The molecule has 1 amide bonds. The van der Waals surface area contributed by atoms with Crippen molar-refractivity contribution in [3.05, 3.63) is 52.1 Å². The Bertz CT molecular complexity index is 866. The maximum absolute atomic E-state index is 13.2. The summed E-state index contributed by atoms with van der Waals surface area (Å²) >= 11 is 6.98. The van der Waals surface area contributed by atoms with Crippen molar-refractivity contribution >= 4 is 40.7 Å². The third-order valence-electron chi connectivity index (χ3n) is 4.98. The van der Waals surface area contributed by atoms with Gasteiger partial charge >= 0.3 is 0 Å². The van der Waals surface area contributed by atoms with Crippen LogP contribution in [-0.2, 0) is 4.79 Å². The normalized spacial score (nSPS) is 20.0. The van der Waals surface area contributed by atoms with E-state index in [-0.39, 0.29) is 17.8 Å². The fourth-order valence-electron chi connectivity index (χ4n) is 3.65. The number of carbonyl (C=O) groups is 1. The standard InChI is InChI=1S/C20H19FN2OS2/c21-14-8-6-13(7-9-14)16-10-11-26-18(16)12-17-19(24)23(20(25)22-17)15-4-2-1-3-5-15/h6-12,15H,1-5H2,(H,22,25). The van der Waals surface area contributed by atoms with Gasteiger partial charge in [0.05, 0.1) is 0 Å². The molecule has 26 heavy (non-hydrogen) atoms. The van der Waals surface area contributed by atoms with Crippen LogP contribution in [0.5, 0.6) is 0 Å². The van der Waals surface area contributed by atoms with Gasteiger partial charge < -0.3 is 5.32 Å². The van der Waals surface area contributed by atoms with Crippen molar-refractivity contribution in [3.63, 3.8) is 0 Å². The number of benzene rings is 1. The molecule has 0 unspecified atom stereocenters. The van der Waals surface area contributed by atoms with Crippen LogP contribution in [0, 0.1) is 5.82 Å². The molecule has 3 nitrogen and oxygen atoms in total. The molecule has 1 saturated heterocycles. The average molecular weight is 387 g/mol. The zero-order valence-electron chi connectivity index (χ0n) is 14.2. The molecule has 2 heterocycles. The average Bonchev–Trinajstić information content (AvgIpc) is 3.21. The summed E-state index contributed by atoms with van der Waals surface area (Å²) in [7, 11) is 0. The quantitative estimate of drug-likeness (QED) is 0.599. The van der Waals surface area contributed by atoms with Crippen LogP contribution < -0.4 is 5.32 Å². The van der Waals surface area contributed by atoms with Gasteiger partial charge in [-0.3, -0.25) is 9.69 Å². The number of nitrogens with one attached hydrogen (secondary N) is 1. The summed E-state index contributed by atoms with van der Waals surface area (Å²) < 4.78 is 13.2. The Balaban J connectivity index is 1.61. The van der Waals surface area contributed by atoms with E-state index in [2.05, 4.69) is 5.32 Å². The maximum Gasteiger partial charge on any atom is 0.276 e. The molecule has 1 saturated carbocycles. The van der Waals surface area contributed by atoms with E-state index in [0.717, 1.165) is 41.7 Å². The number of thiophene rings is 1. The van der Waals surface area contributed by atoms with Crippen LogP contribution in [0.1, 0.15) is 37.0 Å². The zero-order valence-corrected chi connectivity index (χ0v) is 15.8. The lowest BCUT2D eigenvalue weighted by atomic mass is 9.94. The van der Waals surface area contributed by atoms with Crippen LogP contribution in [0.4, 0.5) is 4.39 Å². The lowest BCUT2D eigenvalue weighted by Gasteiger charge is -2.29. The highest BCUT2D eigenvalue weighted by molar-refractivity contribution is 7.80. The summed E-state index contributed by atoms with van der Waals surface area (Å²) in [5, 5.41) is 5.57. The van der Waals surface area contributed by atoms with E-state index in [1.54, 1.807) is 28.4 Å². The molecule has 1 aliphatic carbocycles. The van der Waals surface area contributed by atoms with Crippen molar-refractivity contribution in [1.29, 1.82) is 0 Å². The number of hydrogen-bond acceptors (Lipinski definition) is 3. The Morgan fingerprint density at radius 1 is 1.15 bits per heavy atom. The number of carbonyl (C=O) groups excluding carboxylic acids is 1. The highest BCUT2D eigenvalue weighted by Gasteiger charge is 2.36. The van der Waals surface area contributed by atoms with E-state index in [4.69, 9.17) is 12.2 Å². The van der Waals surface area contributed by atoms with Crippen molar-refractivity contribution in [1.82, 2.24) is 10.2 Å². The van der Waals surface area contributed by atoms with Gasteiger partial charge in [0.1, 0.15) is 11.5 Å². The van der Waals surface area contributed by atoms with E-state index < -0.39 is 0 Å². The summed E-state index contributed by atoms with van der Waals surface area (Å²) in [4.78, 5) is 15.6. The Morgan fingerprint density at radius 3 is 2.62 bits per heavy atom. The molecule has 6 heteroatoms. The summed E-state index contributed by atoms with van der Waals surface area (Å²) in [6.07, 6.45) is 7.42. The molecule has 0 bridgehead atoms. The van der Waals surface area contributed by atoms with Crippen LogP contribution in [0.25, 0.3) is 17.2 Å². The topological polar surface area (TPSA) is 32.3 Å². The van der Waals surface area contributed by atoms with E-state index in [1.165, 1.54) is 18.6 Å². The predicted molar refractivity (Wildman–Crippen MR) is 107 cm³/mol. The molecule has 1 aliphatic heterocycles. The van der Waals surface area contributed by atoms with Crippen LogP contribution in [0.15, 0.2) is 41.4 Å². The first-order valence-electron chi connectivity index (χ1n) is 8.83. The van der Waals surface area contributed by atoms with Crippen molar-refractivity contribution in [2.24, 2.45) is 0 Å². The Hall–Kier alpha value is -2.05. The van der Waals surface area contributed by atoms with Crippen LogP contribution in [-0.4, -0.2) is 22.0 Å². The molecule has 2 aromatic rings. The second-order valence-corrected chi connectivity index (χ2v) is 7.99. The number of hydrogen-bond donors (Lipinski definition) is 1. The molecule has 134 valence electrons. The summed E-state index contributed by atoms with van der Waals surface area (Å²) in [6, 6.07) is 8.60. The van der Waals surface area contributed by atoms with Crippen LogP contribution in [0.2, 0.25) is 0 Å². The molecule has 2 fully saturated rings. The second kappa shape index (κ2) is 7.29. The molecule has 0 atom stereocenters. The van der Waals surface area contributed by atoms with Crippen molar-refractivity contribution in [3.8, 4) is 11.1 Å². The van der Waals surface area contributed by atoms with Crippen LogP contribution >= 0.6 is 23.6 Å². The molecule has 4 rings (SSSR count). The van der Waals surface area contributed by atoms with E-state index >= 15 is 0 Å². The van der Waals surface area contributed by atoms with Gasteiger partial charge in [-0.15, -0.1) is 11.3 Å². The number of rotatable bonds is 3. The number of amides is 1. The highest BCUT2D eigenvalue weighted by atomic mass is 32.1. The van der Waals surface area contributed by atoms with Crippen molar-refractivity contribution in [2.45, 2.75) is 38.1 Å². The maximum atomic E-state index is 13.2. The fourth-order valence-corrected chi connectivity index (χ4v) is 4.84. The minimum Gasteiger partial charge on any atom is -0.328 e. The molecule has 1 aromatic heterocycles. The largest absolute Gasteiger partial charge is 0.328 e. The minimum absolute atomic E-state index is 0.0413. The van der Waals surface area contributed by atoms with Gasteiger partial charge in [-0.2, -0.15) is 0 Å². The van der Waals surface area contributed by atoms with Gasteiger partial charge in [-0.25, -0.2) is 4.39 Å². The number of nitrogens with zero attached hydrogens (tertiary/aromatic N) is 1. The third kappa shape index (κ3) is 3.31. The minimum atomic E-state index is -0.259. The number of halogens is 1. The fraction of sp³-hybridized carbons (Fsp3) is 0.300. The predicted octanol–water partition coefficient (Wildman–Crippen LogP) is 4.94. The summed E-state index contributed by atoms with van der Waals surface area (Å²) in [6.45, 7) is 0. The second-order valence-electron chi connectivity index (χ2n) is 6.66. The van der Waals surface area contributed by atoms with Gasteiger partial charge in [-0.05, 0) is 65.8 Å². The van der Waals surface area contributed by atoms with Gasteiger partial charge in [-0.1, -0.05) is 31.4 Å². The first-order chi connectivity index (χ1) is 12.6. The SMILES string of the molecule is O=C1C(=Cc2sccc2-c2ccc(F)cc2)NC(=S)N1C1CCCCC1. The smallest absolute Gasteiger partial charge is 0.276 e. The lowest BCUT2D eigenvalue weighted by molar-refractivity contribution is -0.124. The third-order valence-corrected chi connectivity index (χ3v) is 6.14. The monoisotopic (exact) mass is 386 g/mol. The van der Waals surface area contributed by atoms with Gasteiger partial charge in [0.25, 0.3) is 5.91 Å². The van der Waals surface area contributed by atoms with Crippen molar-refractivity contribution in [2.75, 3.05) is 0 Å². The van der Waals surface area contributed by atoms with E-state index in [0.29, 0.717) is 10.8 Å². The van der Waals surface area contributed by atoms with Gasteiger partial charge in [0, 0.05) is 10.9 Å². The summed E-state index contributed by atoms with van der Waals surface area (Å²) in [5.41, 5.74) is 2.43. The molecule has 0 spiro atoms. The number of thiocarbonyl (C=S) groups is 1. The summed E-state index contributed by atoms with van der Waals surface area (Å²) in [5.74, 6) is -0.301. The van der Waals surface area contributed by atoms with Gasteiger partial charge in [0.2, 0.25) is 0 Å². The zero-order chi connectivity index (χ0) is 18.1. The molecular formula is C20H19FN2OS2. The Kier molecular flexibility index (Phi) is 4.87. The molecule has 1 aromatic carbocycles.